The predicted molar refractivity (Wildman–Crippen MR) is 38.3 cm³/mol. The molecule has 0 spiro atoms. The van der Waals surface area contributed by atoms with Crippen LogP contribution in [0.2, 0.25) is 0 Å². The Morgan fingerprint density at radius 3 is 2.80 bits per heavy atom. The van der Waals surface area contributed by atoms with Gasteiger partial charge in [-0.25, -0.2) is 0 Å². The minimum absolute atomic E-state index is 0.233. The van der Waals surface area contributed by atoms with Crippen molar-refractivity contribution in [1.82, 2.24) is 9.88 Å². The summed E-state index contributed by atoms with van der Waals surface area (Å²) in [7, 11) is 3.93. The molecule has 0 radical (unpaired) electrons. The highest BCUT2D eigenvalue weighted by Gasteiger charge is 1.99. The van der Waals surface area contributed by atoms with Crippen LogP contribution in [0.15, 0.2) is 10.7 Å². The summed E-state index contributed by atoms with van der Waals surface area (Å²) in [6.45, 7) is 0.765. The summed E-state index contributed by atoms with van der Waals surface area (Å²) >= 11 is 0. The van der Waals surface area contributed by atoms with Gasteiger partial charge in [-0.05, 0) is 14.1 Å². The SMILES string of the molecule is CN(C)Cc1coc(N)n1. The van der Waals surface area contributed by atoms with E-state index in [-0.39, 0.29) is 6.01 Å². The topological polar surface area (TPSA) is 55.3 Å². The van der Waals surface area contributed by atoms with Crippen LogP contribution in [0.4, 0.5) is 6.01 Å². The number of nitrogens with zero attached hydrogens (tertiary/aromatic N) is 2. The molecule has 0 unspecified atom stereocenters. The molecule has 4 nitrogen and oxygen atoms in total. The largest absolute Gasteiger partial charge is 0.432 e. The molecule has 0 atom stereocenters. The summed E-state index contributed by atoms with van der Waals surface area (Å²) in [6, 6.07) is 0.233. The predicted octanol–water partition coefficient (Wildman–Crippen LogP) is 0.318. The Bertz CT molecular complexity index is 207. The highest BCUT2D eigenvalue weighted by Crippen LogP contribution is 2.03. The van der Waals surface area contributed by atoms with Gasteiger partial charge in [-0.3, -0.25) is 0 Å². The van der Waals surface area contributed by atoms with Crippen molar-refractivity contribution in [3.63, 3.8) is 0 Å². The van der Waals surface area contributed by atoms with Crippen molar-refractivity contribution >= 4 is 6.01 Å². The average molecular weight is 141 g/mol. The number of aromatic nitrogens is 1. The van der Waals surface area contributed by atoms with Gasteiger partial charge in [0.1, 0.15) is 6.26 Å². The van der Waals surface area contributed by atoms with Gasteiger partial charge in [-0.2, -0.15) is 4.98 Å². The standard InChI is InChI=1S/C6H11N3O/c1-9(2)3-5-4-10-6(7)8-5/h4H,3H2,1-2H3,(H2,7,8). The van der Waals surface area contributed by atoms with Gasteiger partial charge in [0.2, 0.25) is 0 Å². The zero-order valence-electron chi connectivity index (χ0n) is 6.16. The molecule has 4 heteroatoms. The van der Waals surface area contributed by atoms with Gasteiger partial charge in [-0.15, -0.1) is 0 Å². The maximum absolute atomic E-state index is 5.26. The lowest BCUT2D eigenvalue weighted by molar-refractivity contribution is 0.396. The highest BCUT2D eigenvalue weighted by atomic mass is 16.4. The minimum atomic E-state index is 0.233. The van der Waals surface area contributed by atoms with Crippen LogP contribution in [0, 0.1) is 0 Å². The maximum Gasteiger partial charge on any atom is 0.292 e. The summed E-state index contributed by atoms with van der Waals surface area (Å²) in [5, 5.41) is 0. The van der Waals surface area contributed by atoms with E-state index in [1.54, 1.807) is 6.26 Å². The normalized spacial score (nSPS) is 10.7. The summed E-state index contributed by atoms with van der Waals surface area (Å²) < 4.78 is 4.81. The Hall–Kier alpha value is -1.03. The van der Waals surface area contributed by atoms with Crippen molar-refractivity contribution in [1.29, 1.82) is 0 Å². The molecule has 1 aromatic rings. The third-order valence-corrected chi connectivity index (χ3v) is 1.05. The van der Waals surface area contributed by atoms with E-state index in [4.69, 9.17) is 10.2 Å². The Morgan fingerprint density at radius 2 is 2.40 bits per heavy atom. The number of hydrogen-bond acceptors (Lipinski definition) is 4. The lowest BCUT2D eigenvalue weighted by atomic mass is 10.5. The fraction of sp³-hybridized carbons (Fsp3) is 0.500. The second-order valence-electron chi connectivity index (χ2n) is 2.41. The van der Waals surface area contributed by atoms with Crippen molar-refractivity contribution in [2.75, 3.05) is 19.8 Å². The minimum Gasteiger partial charge on any atom is -0.432 e. The molecule has 0 fully saturated rings. The zero-order valence-corrected chi connectivity index (χ0v) is 6.16. The third kappa shape index (κ3) is 1.73. The van der Waals surface area contributed by atoms with Crippen LogP contribution >= 0.6 is 0 Å². The van der Waals surface area contributed by atoms with E-state index < -0.39 is 0 Å². The Kier molecular flexibility index (Phi) is 1.91. The fourth-order valence-electron chi connectivity index (χ4n) is 0.719. The molecule has 2 N–H and O–H groups in total. The average Bonchev–Trinajstić information content (AvgIpc) is 2.13. The molecule has 1 heterocycles. The van der Waals surface area contributed by atoms with E-state index in [0.29, 0.717) is 0 Å². The molecule has 0 aliphatic carbocycles. The molecule has 0 saturated heterocycles. The molecule has 0 aliphatic rings. The van der Waals surface area contributed by atoms with E-state index in [9.17, 15) is 0 Å². The molecule has 0 bridgehead atoms. The Labute approximate surface area is 59.6 Å². The number of nitrogens with two attached hydrogens (primary N) is 1. The summed E-state index contributed by atoms with van der Waals surface area (Å²) in [4.78, 5) is 5.92. The van der Waals surface area contributed by atoms with Crippen molar-refractivity contribution < 1.29 is 4.42 Å². The zero-order chi connectivity index (χ0) is 7.56. The summed E-state index contributed by atoms with van der Waals surface area (Å²) in [5.74, 6) is 0. The van der Waals surface area contributed by atoms with Gasteiger partial charge < -0.3 is 15.1 Å². The Morgan fingerprint density at radius 1 is 1.70 bits per heavy atom. The van der Waals surface area contributed by atoms with E-state index in [1.807, 2.05) is 19.0 Å². The van der Waals surface area contributed by atoms with Crippen molar-refractivity contribution in [3.8, 4) is 0 Å². The number of hydrogen-bond donors (Lipinski definition) is 1. The summed E-state index contributed by atoms with van der Waals surface area (Å²) in [6.07, 6.45) is 1.56. The van der Waals surface area contributed by atoms with Gasteiger partial charge in [0.25, 0.3) is 6.01 Å². The van der Waals surface area contributed by atoms with E-state index in [1.165, 1.54) is 0 Å². The lowest BCUT2D eigenvalue weighted by Gasteiger charge is -2.04. The number of oxazole rings is 1. The van der Waals surface area contributed by atoms with Gasteiger partial charge in [0.15, 0.2) is 0 Å². The second-order valence-corrected chi connectivity index (χ2v) is 2.41. The number of anilines is 1. The highest BCUT2D eigenvalue weighted by molar-refractivity contribution is 5.12. The van der Waals surface area contributed by atoms with E-state index in [2.05, 4.69) is 4.98 Å². The van der Waals surface area contributed by atoms with Gasteiger partial charge >= 0.3 is 0 Å². The van der Waals surface area contributed by atoms with Crippen LogP contribution < -0.4 is 5.73 Å². The third-order valence-electron chi connectivity index (χ3n) is 1.05. The van der Waals surface area contributed by atoms with Crippen LogP contribution in [-0.2, 0) is 6.54 Å². The van der Waals surface area contributed by atoms with Crippen LogP contribution in [0.5, 0.6) is 0 Å². The first-order chi connectivity index (χ1) is 4.68. The Balaban J connectivity index is 2.58. The number of nitrogen functional groups attached to an aromatic ring is 1. The van der Waals surface area contributed by atoms with Crippen molar-refractivity contribution in [2.45, 2.75) is 6.54 Å². The molecule has 0 amide bonds. The van der Waals surface area contributed by atoms with Crippen LogP contribution in [-0.4, -0.2) is 24.0 Å². The van der Waals surface area contributed by atoms with Crippen LogP contribution in [0.25, 0.3) is 0 Å². The van der Waals surface area contributed by atoms with E-state index >= 15 is 0 Å². The molecule has 1 rings (SSSR count). The fourth-order valence-corrected chi connectivity index (χ4v) is 0.719. The molecular formula is C6H11N3O. The van der Waals surface area contributed by atoms with Gasteiger partial charge in [-0.1, -0.05) is 0 Å². The van der Waals surface area contributed by atoms with Gasteiger partial charge in [0.05, 0.1) is 5.69 Å². The first-order valence-electron chi connectivity index (χ1n) is 3.03. The molecule has 1 aromatic heterocycles. The number of rotatable bonds is 2. The monoisotopic (exact) mass is 141 g/mol. The van der Waals surface area contributed by atoms with Crippen molar-refractivity contribution in [3.05, 3.63) is 12.0 Å². The van der Waals surface area contributed by atoms with Crippen LogP contribution in [0.3, 0.4) is 0 Å². The smallest absolute Gasteiger partial charge is 0.292 e. The second kappa shape index (κ2) is 2.70. The quantitative estimate of drug-likeness (QED) is 0.644. The molecule has 0 aliphatic heterocycles. The van der Waals surface area contributed by atoms with Crippen LogP contribution in [0.1, 0.15) is 5.69 Å². The summed E-state index contributed by atoms with van der Waals surface area (Å²) in [5.41, 5.74) is 6.12. The maximum atomic E-state index is 5.26. The first-order valence-corrected chi connectivity index (χ1v) is 3.03. The van der Waals surface area contributed by atoms with E-state index in [0.717, 1.165) is 12.2 Å². The molecule has 0 aromatic carbocycles. The molecule has 10 heavy (non-hydrogen) atoms. The first kappa shape index (κ1) is 7.08. The molecular weight excluding hydrogens is 130 g/mol. The molecule has 0 saturated carbocycles. The van der Waals surface area contributed by atoms with Gasteiger partial charge in [0, 0.05) is 6.54 Å². The van der Waals surface area contributed by atoms with Crippen molar-refractivity contribution in [2.24, 2.45) is 0 Å². The lowest BCUT2D eigenvalue weighted by Crippen LogP contribution is -2.10. The molecule has 56 valence electrons.